The molecular formula is C14H22N4O2S. The van der Waals surface area contributed by atoms with E-state index >= 15 is 0 Å². The lowest BCUT2D eigenvalue weighted by Gasteiger charge is -2.29. The lowest BCUT2D eigenvalue weighted by Crippen LogP contribution is -2.49. The third kappa shape index (κ3) is 4.17. The standard InChI is InChI=1S/C14H22N4O2S/c1-4-9(2)11-8-21-14(16-11)17-13(20)15-10-5-6-12(19)18(3)7-10/h8-10H,4-7H2,1-3H3,(H2,15,16,17,20)/t9-,10-/m0/s1. The summed E-state index contributed by atoms with van der Waals surface area (Å²) >= 11 is 1.44. The molecule has 2 rings (SSSR count). The number of nitrogens with zero attached hydrogens (tertiary/aromatic N) is 2. The summed E-state index contributed by atoms with van der Waals surface area (Å²) in [5.74, 6) is 0.532. The fraction of sp³-hybridized carbons (Fsp3) is 0.643. The van der Waals surface area contributed by atoms with Gasteiger partial charge < -0.3 is 10.2 Å². The third-order valence-electron chi connectivity index (χ3n) is 3.82. The van der Waals surface area contributed by atoms with Crippen LogP contribution in [-0.4, -0.2) is 41.5 Å². The maximum Gasteiger partial charge on any atom is 0.321 e. The molecule has 0 unspecified atom stereocenters. The topological polar surface area (TPSA) is 74.3 Å². The Balaban J connectivity index is 1.84. The molecule has 2 atom stereocenters. The molecule has 1 aliphatic rings. The van der Waals surface area contributed by atoms with E-state index in [1.54, 1.807) is 11.9 Å². The zero-order valence-electron chi connectivity index (χ0n) is 12.7. The van der Waals surface area contributed by atoms with Crippen LogP contribution >= 0.6 is 11.3 Å². The highest BCUT2D eigenvalue weighted by Gasteiger charge is 2.24. The summed E-state index contributed by atoms with van der Waals surface area (Å²) in [5.41, 5.74) is 1.01. The Bertz CT molecular complexity index is 517. The number of likely N-dealkylation sites (N-methyl/N-ethyl adjacent to an activating group) is 1. The summed E-state index contributed by atoms with van der Waals surface area (Å²) in [6, 6.07) is -0.255. The molecule has 0 aromatic carbocycles. The molecule has 0 aliphatic carbocycles. The minimum Gasteiger partial charge on any atom is -0.344 e. The van der Waals surface area contributed by atoms with Gasteiger partial charge in [0.15, 0.2) is 5.13 Å². The average Bonchev–Trinajstić information content (AvgIpc) is 2.90. The van der Waals surface area contributed by atoms with Gasteiger partial charge in [0.05, 0.1) is 5.69 Å². The molecule has 0 bridgehead atoms. The minimum atomic E-state index is -0.257. The number of anilines is 1. The number of thiazole rings is 1. The van der Waals surface area contributed by atoms with Crippen LogP contribution in [-0.2, 0) is 4.79 Å². The van der Waals surface area contributed by atoms with Crippen LogP contribution in [0.3, 0.4) is 0 Å². The Kier molecular flexibility index (Phi) is 5.17. The van der Waals surface area contributed by atoms with E-state index in [2.05, 4.69) is 29.5 Å². The van der Waals surface area contributed by atoms with E-state index in [1.807, 2.05) is 5.38 Å². The van der Waals surface area contributed by atoms with Crippen LogP contribution in [0.1, 0.15) is 44.7 Å². The van der Waals surface area contributed by atoms with E-state index in [4.69, 9.17) is 0 Å². The normalized spacial score (nSPS) is 20.2. The zero-order valence-corrected chi connectivity index (χ0v) is 13.5. The second kappa shape index (κ2) is 6.89. The van der Waals surface area contributed by atoms with E-state index in [-0.39, 0.29) is 18.0 Å². The molecule has 3 amide bonds. The minimum absolute atomic E-state index is 0.00157. The van der Waals surface area contributed by atoms with Crippen molar-refractivity contribution in [3.05, 3.63) is 11.1 Å². The van der Waals surface area contributed by atoms with Gasteiger partial charge in [-0.3, -0.25) is 10.1 Å². The molecule has 2 N–H and O–H groups in total. The quantitative estimate of drug-likeness (QED) is 0.897. The summed E-state index contributed by atoms with van der Waals surface area (Å²) in [7, 11) is 1.76. The van der Waals surface area contributed by atoms with Crippen molar-refractivity contribution < 1.29 is 9.59 Å². The van der Waals surface area contributed by atoms with E-state index < -0.39 is 0 Å². The number of hydrogen-bond acceptors (Lipinski definition) is 4. The SMILES string of the molecule is CC[C@H](C)c1csc(NC(=O)N[C@H]2CCC(=O)N(C)C2)n1. The number of rotatable bonds is 4. The first-order chi connectivity index (χ1) is 9.99. The lowest BCUT2D eigenvalue weighted by atomic mass is 10.1. The van der Waals surface area contributed by atoms with Crippen LogP contribution in [0.5, 0.6) is 0 Å². The number of piperidine rings is 1. The molecule has 1 fully saturated rings. The predicted octanol–water partition coefficient (Wildman–Crippen LogP) is 2.40. The van der Waals surface area contributed by atoms with E-state index in [0.29, 0.717) is 30.4 Å². The Morgan fingerprint density at radius 2 is 2.38 bits per heavy atom. The van der Waals surface area contributed by atoms with E-state index in [1.165, 1.54) is 11.3 Å². The number of carbonyl (C=O) groups is 2. The smallest absolute Gasteiger partial charge is 0.321 e. The first-order valence-corrected chi connectivity index (χ1v) is 8.14. The third-order valence-corrected chi connectivity index (χ3v) is 4.60. The Labute approximate surface area is 128 Å². The molecule has 1 saturated heterocycles. The Hall–Kier alpha value is -1.63. The molecule has 1 aliphatic heterocycles. The second-order valence-corrected chi connectivity index (χ2v) is 6.35. The van der Waals surface area contributed by atoms with Crippen molar-refractivity contribution in [1.82, 2.24) is 15.2 Å². The fourth-order valence-electron chi connectivity index (χ4n) is 2.23. The van der Waals surface area contributed by atoms with Gasteiger partial charge in [0, 0.05) is 31.4 Å². The summed E-state index contributed by atoms with van der Waals surface area (Å²) in [6.45, 7) is 4.79. The largest absolute Gasteiger partial charge is 0.344 e. The van der Waals surface area contributed by atoms with Gasteiger partial charge in [0.1, 0.15) is 0 Å². The molecule has 1 aromatic rings. The molecule has 2 heterocycles. The molecule has 0 saturated carbocycles. The van der Waals surface area contributed by atoms with E-state index in [9.17, 15) is 9.59 Å². The highest BCUT2D eigenvalue weighted by atomic mass is 32.1. The number of urea groups is 1. The molecule has 0 radical (unpaired) electrons. The van der Waals surface area contributed by atoms with Crippen LogP contribution in [0, 0.1) is 0 Å². The first-order valence-electron chi connectivity index (χ1n) is 7.26. The second-order valence-electron chi connectivity index (χ2n) is 5.50. The number of likely N-dealkylation sites (tertiary alicyclic amines) is 1. The molecule has 6 nitrogen and oxygen atoms in total. The van der Waals surface area contributed by atoms with Crippen LogP contribution in [0.2, 0.25) is 0 Å². The molecule has 1 aromatic heterocycles. The number of aromatic nitrogens is 1. The van der Waals surface area contributed by atoms with Crippen molar-refractivity contribution >= 4 is 28.4 Å². The van der Waals surface area contributed by atoms with Crippen LogP contribution < -0.4 is 10.6 Å². The van der Waals surface area contributed by atoms with Gasteiger partial charge in [-0.05, 0) is 18.8 Å². The number of amides is 3. The van der Waals surface area contributed by atoms with Crippen molar-refractivity contribution in [1.29, 1.82) is 0 Å². The van der Waals surface area contributed by atoms with Crippen molar-refractivity contribution in [3.63, 3.8) is 0 Å². The van der Waals surface area contributed by atoms with Crippen LogP contribution in [0.25, 0.3) is 0 Å². The number of hydrogen-bond donors (Lipinski definition) is 2. The van der Waals surface area contributed by atoms with Crippen LogP contribution in [0.4, 0.5) is 9.93 Å². The van der Waals surface area contributed by atoms with Gasteiger partial charge in [-0.2, -0.15) is 0 Å². The van der Waals surface area contributed by atoms with Gasteiger partial charge in [0.25, 0.3) is 0 Å². The number of carbonyl (C=O) groups excluding carboxylic acids is 2. The Morgan fingerprint density at radius 1 is 1.62 bits per heavy atom. The molecule has 116 valence electrons. The summed E-state index contributed by atoms with van der Waals surface area (Å²) < 4.78 is 0. The van der Waals surface area contributed by atoms with E-state index in [0.717, 1.165) is 12.1 Å². The van der Waals surface area contributed by atoms with Gasteiger partial charge in [0.2, 0.25) is 5.91 Å². The van der Waals surface area contributed by atoms with Gasteiger partial charge >= 0.3 is 6.03 Å². The maximum atomic E-state index is 12.0. The molecule has 7 heteroatoms. The summed E-state index contributed by atoms with van der Waals surface area (Å²) in [4.78, 5) is 29.4. The summed E-state index contributed by atoms with van der Waals surface area (Å²) in [5, 5.41) is 8.26. The van der Waals surface area contributed by atoms with Gasteiger partial charge in [-0.1, -0.05) is 13.8 Å². The van der Waals surface area contributed by atoms with Crippen molar-refractivity contribution in [2.45, 2.75) is 45.1 Å². The highest BCUT2D eigenvalue weighted by molar-refractivity contribution is 7.13. The average molecular weight is 310 g/mol. The zero-order chi connectivity index (χ0) is 15.4. The Morgan fingerprint density at radius 3 is 3.05 bits per heavy atom. The van der Waals surface area contributed by atoms with Crippen molar-refractivity contribution in [2.24, 2.45) is 0 Å². The molecular weight excluding hydrogens is 288 g/mol. The van der Waals surface area contributed by atoms with Crippen molar-refractivity contribution in [2.75, 3.05) is 18.9 Å². The maximum absolute atomic E-state index is 12.0. The fourth-order valence-corrected chi connectivity index (χ4v) is 3.05. The molecule has 0 spiro atoms. The van der Waals surface area contributed by atoms with Crippen LogP contribution in [0.15, 0.2) is 5.38 Å². The number of nitrogens with one attached hydrogen (secondary N) is 2. The summed E-state index contributed by atoms with van der Waals surface area (Å²) in [6.07, 6.45) is 2.20. The highest BCUT2D eigenvalue weighted by Crippen LogP contribution is 2.23. The predicted molar refractivity (Wildman–Crippen MR) is 83.6 cm³/mol. The van der Waals surface area contributed by atoms with Gasteiger partial charge in [-0.15, -0.1) is 11.3 Å². The van der Waals surface area contributed by atoms with Crippen molar-refractivity contribution in [3.8, 4) is 0 Å². The van der Waals surface area contributed by atoms with Gasteiger partial charge in [-0.25, -0.2) is 9.78 Å². The monoisotopic (exact) mass is 310 g/mol. The first kappa shape index (κ1) is 15.8. The lowest BCUT2D eigenvalue weighted by molar-refractivity contribution is -0.132. The molecule has 21 heavy (non-hydrogen) atoms.